The Labute approximate surface area is 132 Å². The minimum absolute atomic E-state index is 0.00396. The van der Waals surface area contributed by atoms with Crippen molar-refractivity contribution in [3.63, 3.8) is 0 Å². The Morgan fingerprint density at radius 1 is 1.26 bits per heavy atom. The van der Waals surface area contributed by atoms with E-state index in [0.29, 0.717) is 11.4 Å². The molecular formula is C17H14N2O4. The molecule has 0 aliphatic rings. The lowest BCUT2D eigenvalue weighted by Crippen LogP contribution is -2.13. The first-order valence-electron chi connectivity index (χ1n) is 6.62. The van der Waals surface area contributed by atoms with Gasteiger partial charge in [0.25, 0.3) is 5.91 Å². The van der Waals surface area contributed by atoms with Gasteiger partial charge in [0.05, 0.1) is 7.11 Å². The van der Waals surface area contributed by atoms with Crippen molar-refractivity contribution >= 4 is 17.7 Å². The molecule has 0 aliphatic heterocycles. The lowest BCUT2D eigenvalue weighted by Gasteiger charge is -2.06. The summed E-state index contributed by atoms with van der Waals surface area (Å²) in [6.45, 7) is 0. The highest BCUT2D eigenvalue weighted by Crippen LogP contribution is 2.25. The number of carbonyl (C=O) groups is 1. The number of rotatable bonds is 4. The number of ether oxygens (including phenoxy) is 1. The normalized spacial score (nSPS) is 10.7. The Bertz CT molecular complexity index is 806. The summed E-state index contributed by atoms with van der Waals surface area (Å²) in [5, 5.41) is 30.8. The summed E-state index contributed by atoms with van der Waals surface area (Å²) in [5.74, 6) is -0.250. The van der Waals surface area contributed by atoms with Crippen molar-refractivity contribution < 1.29 is 19.7 Å². The van der Waals surface area contributed by atoms with Crippen molar-refractivity contribution in [1.82, 2.24) is 0 Å². The molecule has 2 aromatic rings. The largest absolute Gasteiger partial charge is 0.508 e. The predicted octanol–water partition coefficient (Wildman–Crippen LogP) is 2.65. The van der Waals surface area contributed by atoms with Crippen molar-refractivity contribution in [1.29, 1.82) is 5.26 Å². The second-order valence-corrected chi connectivity index (χ2v) is 4.60. The van der Waals surface area contributed by atoms with E-state index in [9.17, 15) is 15.0 Å². The van der Waals surface area contributed by atoms with Crippen LogP contribution in [0.1, 0.15) is 5.56 Å². The molecule has 2 rings (SSSR count). The van der Waals surface area contributed by atoms with Crippen LogP contribution < -0.4 is 10.1 Å². The van der Waals surface area contributed by atoms with E-state index in [4.69, 9.17) is 10.00 Å². The number of carbonyl (C=O) groups excluding carboxylic acids is 1. The number of phenols is 2. The molecule has 0 heterocycles. The van der Waals surface area contributed by atoms with Crippen molar-refractivity contribution in [2.75, 3.05) is 12.4 Å². The van der Waals surface area contributed by atoms with Crippen LogP contribution in [0.25, 0.3) is 6.08 Å². The van der Waals surface area contributed by atoms with E-state index in [1.165, 1.54) is 37.5 Å². The molecular weight excluding hydrogens is 296 g/mol. The topological polar surface area (TPSA) is 103 Å². The monoisotopic (exact) mass is 310 g/mol. The summed E-state index contributed by atoms with van der Waals surface area (Å²) in [6, 6.07) is 12.2. The van der Waals surface area contributed by atoms with Gasteiger partial charge in [0, 0.05) is 17.3 Å². The smallest absolute Gasteiger partial charge is 0.266 e. The third-order valence-electron chi connectivity index (χ3n) is 3.00. The van der Waals surface area contributed by atoms with E-state index in [1.54, 1.807) is 24.3 Å². The molecule has 0 atom stereocenters. The number of methoxy groups -OCH3 is 1. The van der Waals surface area contributed by atoms with Gasteiger partial charge < -0.3 is 20.3 Å². The summed E-state index contributed by atoms with van der Waals surface area (Å²) in [6.07, 6.45) is 1.26. The van der Waals surface area contributed by atoms with Gasteiger partial charge in [-0.05, 0) is 36.4 Å². The van der Waals surface area contributed by atoms with Crippen molar-refractivity contribution in [3.05, 3.63) is 53.6 Å². The fraction of sp³-hybridized carbons (Fsp3) is 0.0588. The van der Waals surface area contributed by atoms with Crippen molar-refractivity contribution in [2.45, 2.75) is 0 Å². The van der Waals surface area contributed by atoms with Crippen LogP contribution >= 0.6 is 0 Å². The zero-order valence-corrected chi connectivity index (χ0v) is 12.3. The van der Waals surface area contributed by atoms with E-state index in [2.05, 4.69) is 5.32 Å². The van der Waals surface area contributed by atoms with Gasteiger partial charge in [0.15, 0.2) is 0 Å². The molecule has 0 radical (unpaired) electrons. The van der Waals surface area contributed by atoms with Crippen LogP contribution in [-0.4, -0.2) is 23.2 Å². The number of amides is 1. The number of hydrogen-bond donors (Lipinski definition) is 3. The zero-order valence-electron chi connectivity index (χ0n) is 12.3. The number of nitrogens with zero attached hydrogens (tertiary/aromatic N) is 1. The molecule has 1 amide bonds. The average Bonchev–Trinajstić information content (AvgIpc) is 2.54. The molecule has 6 heteroatoms. The molecule has 0 unspecified atom stereocenters. The molecule has 3 N–H and O–H groups in total. The Kier molecular flexibility index (Phi) is 4.85. The summed E-state index contributed by atoms with van der Waals surface area (Å²) in [7, 11) is 1.47. The summed E-state index contributed by atoms with van der Waals surface area (Å²) >= 11 is 0. The Morgan fingerprint density at radius 3 is 2.70 bits per heavy atom. The zero-order chi connectivity index (χ0) is 16.8. The fourth-order valence-corrected chi connectivity index (χ4v) is 1.86. The van der Waals surface area contributed by atoms with Gasteiger partial charge in [-0.3, -0.25) is 4.79 Å². The highest BCUT2D eigenvalue weighted by Gasteiger charge is 2.11. The van der Waals surface area contributed by atoms with Crippen LogP contribution in [0.4, 0.5) is 5.69 Å². The van der Waals surface area contributed by atoms with E-state index in [-0.39, 0.29) is 22.6 Å². The molecule has 0 saturated heterocycles. The summed E-state index contributed by atoms with van der Waals surface area (Å²) in [4.78, 5) is 12.1. The third-order valence-corrected chi connectivity index (χ3v) is 3.00. The van der Waals surface area contributed by atoms with Crippen LogP contribution in [0.3, 0.4) is 0 Å². The molecule has 0 saturated carbocycles. The third kappa shape index (κ3) is 4.02. The van der Waals surface area contributed by atoms with Crippen LogP contribution in [-0.2, 0) is 4.79 Å². The fourth-order valence-electron chi connectivity index (χ4n) is 1.86. The maximum absolute atomic E-state index is 12.1. The standard InChI is InChI=1S/C17H14N2O4/c1-23-15-5-6-16(21)11(8-15)7-12(10-18)17(22)19-13-3-2-4-14(20)9-13/h2-9,20-21H,1H3,(H,19,22)/b12-7-. The van der Waals surface area contributed by atoms with Gasteiger partial charge in [-0.1, -0.05) is 6.07 Å². The highest BCUT2D eigenvalue weighted by atomic mass is 16.5. The predicted molar refractivity (Wildman–Crippen MR) is 85.0 cm³/mol. The quantitative estimate of drug-likeness (QED) is 0.595. The van der Waals surface area contributed by atoms with Crippen LogP contribution in [0.15, 0.2) is 48.0 Å². The van der Waals surface area contributed by atoms with E-state index < -0.39 is 5.91 Å². The van der Waals surface area contributed by atoms with E-state index in [1.807, 2.05) is 0 Å². The molecule has 0 aliphatic carbocycles. The molecule has 0 spiro atoms. The Morgan fingerprint density at radius 2 is 2.04 bits per heavy atom. The number of benzene rings is 2. The highest BCUT2D eigenvalue weighted by molar-refractivity contribution is 6.09. The maximum atomic E-state index is 12.1. The van der Waals surface area contributed by atoms with Crippen molar-refractivity contribution in [2.24, 2.45) is 0 Å². The molecule has 23 heavy (non-hydrogen) atoms. The first-order chi connectivity index (χ1) is 11.0. The molecule has 2 aromatic carbocycles. The second-order valence-electron chi connectivity index (χ2n) is 4.60. The van der Waals surface area contributed by atoms with Gasteiger partial charge >= 0.3 is 0 Å². The maximum Gasteiger partial charge on any atom is 0.266 e. The number of anilines is 1. The van der Waals surface area contributed by atoms with Crippen molar-refractivity contribution in [3.8, 4) is 23.3 Å². The molecule has 6 nitrogen and oxygen atoms in total. The number of nitriles is 1. The SMILES string of the molecule is COc1ccc(O)c(/C=C(/C#N)C(=O)Nc2cccc(O)c2)c1. The second kappa shape index (κ2) is 7.00. The van der Waals surface area contributed by atoms with Gasteiger partial charge in [-0.2, -0.15) is 5.26 Å². The van der Waals surface area contributed by atoms with Gasteiger partial charge in [0.2, 0.25) is 0 Å². The Balaban J connectivity index is 2.28. The first-order valence-corrected chi connectivity index (χ1v) is 6.62. The lowest BCUT2D eigenvalue weighted by molar-refractivity contribution is -0.112. The first kappa shape index (κ1) is 15.9. The number of phenolic OH excluding ortho intramolecular Hbond substituents is 2. The summed E-state index contributed by atoms with van der Waals surface area (Å²) < 4.78 is 5.04. The average molecular weight is 310 g/mol. The Hall–Kier alpha value is -3.46. The van der Waals surface area contributed by atoms with Crippen LogP contribution in [0, 0.1) is 11.3 Å². The molecule has 0 bridgehead atoms. The summed E-state index contributed by atoms with van der Waals surface area (Å²) in [5.41, 5.74) is 0.440. The molecule has 0 fully saturated rings. The lowest BCUT2D eigenvalue weighted by atomic mass is 10.1. The van der Waals surface area contributed by atoms with Gasteiger partial charge in [-0.25, -0.2) is 0 Å². The van der Waals surface area contributed by atoms with Crippen LogP contribution in [0.2, 0.25) is 0 Å². The van der Waals surface area contributed by atoms with E-state index >= 15 is 0 Å². The van der Waals surface area contributed by atoms with E-state index in [0.717, 1.165) is 0 Å². The minimum Gasteiger partial charge on any atom is -0.508 e. The van der Waals surface area contributed by atoms with Gasteiger partial charge in [0.1, 0.15) is 28.9 Å². The van der Waals surface area contributed by atoms with Gasteiger partial charge in [-0.15, -0.1) is 0 Å². The number of hydrogen-bond acceptors (Lipinski definition) is 5. The minimum atomic E-state index is -0.652. The van der Waals surface area contributed by atoms with Crippen LogP contribution in [0.5, 0.6) is 17.2 Å². The molecule has 116 valence electrons. The molecule has 0 aromatic heterocycles. The number of aromatic hydroxyl groups is 2. The number of nitrogens with one attached hydrogen (secondary N) is 1.